The molecule has 0 aromatic rings. The Kier molecular flexibility index (Phi) is 6.57. The second kappa shape index (κ2) is 8.48. The Hall–Kier alpha value is -2.16. The van der Waals surface area contributed by atoms with E-state index in [1.807, 2.05) is 13.8 Å². The molecule has 26 heavy (non-hydrogen) atoms. The van der Waals surface area contributed by atoms with Gasteiger partial charge in [-0.05, 0) is 31.6 Å². The van der Waals surface area contributed by atoms with Crippen LogP contribution in [0.15, 0.2) is 0 Å². The summed E-state index contributed by atoms with van der Waals surface area (Å²) in [5.74, 6) is -2.13. The number of carbonyl (C=O) groups is 4. The number of nitrogens with two attached hydrogens (primary N) is 1. The van der Waals surface area contributed by atoms with Crippen LogP contribution in [0.1, 0.15) is 39.5 Å². The molecule has 9 heteroatoms. The highest BCUT2D eigenvalue weighted by molar-refractivity contribution is 5.93. The van der Waals surface area contributed by atoms with Crippen LogP contribution in [0.5, 0.6) is 0 Å². The van der Waals surface area contributed by atoms with Gasteiger partial charge in [-0.25, -0.2) is 4.79 Å². The highest BCUT2D eigenvalue weighted by atomic mass is 16.4. The van der Waals surface area contributed by atoms with Crippen LogP contribution in [0.4, 0.5) is 0 Å². The number of nitrogens with one attached hydrogen (secondary N) is 1. The van der Waals surface area contributed by atoms with Gasteiger partial charge < -0.3 is 26.0 Å². The summed E-state index contributed by atoms with van der Waals surface area (Å²) < 4.78 is 0. The normalized spacial score (nSPS) is 24.0. The van der Waals surface area contributed by atoms with Crippen LogP contribution >= 0.6 is 0 Å². The Morgan fingerprint density at radius 1 is 1.08 bits per heavy atom. The molecule has 3 unspecified atom stereocenters. The SMILES string of the molecule is CC(C)C(N)C(=O)NCC(=O)N1CCCC1C(=O)N1CCCC1C(=O)O. The number of rotatable bonds is 6. The first-order valence-corrected chi connectivity index (χ1v) is 9.10. The molecule has 2 aliphatic rings. The van der Waals surface area contributed by atoms with E-state index in [9.17, 15) is 24.3 Å². The van der Waals surface area contributed by atoms with E-state index in [0.29, 0.717) is 38.8 Å². The summed E-state index contributed by atoms with van der Waals surface area (Å²) in [5.41, 5.74) is 5.75. The van der Waals surface area contributed by atoms with Crippen LogP contribution in [-0.4, -0.2) is 76.4 Å². The monoisotopic (exact) mass is 368 g/mol. The van der Waals surface area contributed by atoms with E-state index in [-0.39, 0.29) is 24.3 Å². The summed E-state index contributed by atoms with van der Waals surface area (Å²) >= 11 is 0. The van der Waals surface area contributed by atoms with Gasteiger partial charge in [0.25, 0.3) is 0 Å². The van der Waals surface area contributed by atoms with Gasteiger partial charge in [0.1, 0.15) is 12.1 Å². The fourth-order valence-corrected chi connectivity index (χ4v) is 3.49. The van der Waals surface area contributed by atoms with E-state index >= 15 is 0 Å². The van der Waals surface area contributed by atoms with Crippen molar-refractivity contribution in [1.82, 2.24) is 15.1 Å². The average Bonchev–Trinajstić information content (AvgIpc) is 3.26. The van der Waals surface area contributed by atoms with Gasteiger partial charge >= 0.3 is 5.97 Å². The van der Waals surface area contributed by atoms with Crippen LogP contribution in [0.2, 0.25) is 0 Å². The van der Waals surface area contributed by atoms with Crippen LogP contribution in [0.3, 0.4) is 0 Å². The van der Waals surface area contributed by atoms with Gasteiger partial charge in [0.2, 0.25) is 17.7 Å². The minimum atomic E-state index is -1.01. The standard InChI is InChI=1S/C17H28N4O5/c1-10(2)14(18)15(23)19-9-13(22)20-7-3-5-11(20)16(24)21-8-4-6-12(21)17(25)26/h10-12,14H,3-9,18H2,1-2H3,(H,19,23)(H,25,26). The van der Waals surface area contributed by atoms with Crippen LogP contribution in [-0.2, 0) is 19.2 Å². The Morgan fingerprint density at radius 2 is 1.65 bits per heavy atom. The van der Waals surface area contributed by atoms with Crippen molar-refractivity contribution < 1.29 is 24.3 Å². The first-order valence-electron chi connectivity index (χ1n) is 9.10. The summed E-state index contributed by atoms with van der Waals surface area (Å²) in [6, 6.07) is -2.17. The fourth-order valence-electron chi connectivity index (χ4n) is 3.49. The molecule has 0 saturated carbocycles. The zero-order chi connectivity index (χ0) is 19.4. The van der Waals surface area contributed by atoms with Gasteiger partial charge in [0.15, 0.2) is 0 Å². The van der Waals surface area contributed by atoms with Crippen molar-refractivity contribution >= 4 is 23.7 Å². The molecule has 2 heterocycles. The highest BCUT2D eigenvalue weighted by Gasteiger charge is 2.42. The number of hydrogen-bond donors (Lipinski definition) is 3. The first-order chi connectivity index (χ1) is 12.2. The molecule has 2 fully saturated rings. The van der Waals surface area contributed by atoms with E-state index in [1.54, 1.807) is 0 Å². The van der Waals surface area contributed by atoms with Gasteiger partial charge in [-0.2, -0.15) is 0 Å². The molecule has 3 amide bonds. The van der Waals surface area contributed by atoms with Crippen LogP contribution in [0, 0.1) is 5.92 Å². The van der Waals surface area contributed by atoms with E-state index in [0.717, 1.165) is 0 Å². The molecular weight excluding hydrogens is 340 g/mol. The summed E-state index contributed by atoms with van der Waals surface area (Å²) in [4.78, 5) is 51.3. The first kappa shape index (κ1) is 20.2. The van der Waals surface area contributed by atoms with Crippen molar-refractivity contribution in [1.29, 1.82) is 0 Å². The van der Waals surface area contributed by atoms with Crippen molar-refractivity contribution in [3.05, 3.63) is 0 Å². The molecule has 0 radical (unpaired) electrons. The van der Waals surface area contributed by atoms with Gasteiger partial charge in [0, 0.05) is 13.1 Å². The van der Waals surface area contributed by atoms with Crippen molar-refractivity contribution in [2.24, 2.45) is 11.7 Å². The number of aliphatic carboxylic acids is 1. The smallest absolute Gasteiger partial charge is 0.326 e. The molecule has 0 spiro atoms. The van der Waals surface area contributed by atoms with E-state index < -0.39 is 30.0 Å². The zero-order valence-electron chi connectivity index (χ0n) is 15.3. The second-order valence-electron chi connectivity index (χ2n) is 7.26. The molecule has 146 valence electrons. The highest BCUT2D eigenvalue weighted by Crippen LogP contribution is 2.25. The Balaban J connectivity index is 1.96. The molecule has 2 aliphatic heterocycles. The summed E-state index contributed by atoms with van der Waals surface area (Å²) in [5, 5.41) is 11.8. The number of carbonyl (C=O) groups excluding carboxylic acids is 3. The minimum absolute atomic E-state index is 0.0469. The maximum atomic E-state index is 12.8. The van der Waals surface area contributed by atoms with Crippen molar-refractivity contribution in [2.45, 2.75) is 57.7 Å². The lowest BCUT2D eigenvalue weighted by atomic mass is 10.1. The molecule has 9 nitrogen and oxygen atoms in total. The van der Waals surface area contributed by atoms with Crippen LogP contribution < -0.4 is 11.1 Å². The number of nitrogens with zero attached hydrogens (tertiary/aromatic N) is 2. The lowest BCUT2D eigenvalue weighted by Crippen LogP contribution is -2.53. The molecule has 3 atom stereocenters. The number of carboxylic acids is 1. The van der Waals surface area contributed by atoms with Gasteiger partial charge in [-0.3, -0.25) is 14.4 Å². The number of carboxylic acid groups (broad SMARTS) is 1. The molecule has 0 bridgehead atoms. The second-order valence-corrected chi connectivity index (χ2v) is 7.26. The molecule has 0 aliphatic carbocycles. The zero-order valence-corrected chi connectivity index (χ0v) is 15.3. The quantitative estimate of drug-likeness (QED) is 0.559. The summed E-state index contributed by atoms with van der Waals surface area (Å²) in [7, 11) is 0. The van der Waals surface area contributed by atoms with Crippen molar-refractivity contribution in [2.75, 3.05) is 19.6 Å². The van der Waals surface area contributed by atoms with E-state index in [2.05, 4.69) is 5.32 Å². The van der Waals surface area contributed by atoms with Crippen LogP contribution in [0.25, 0.3) is 0 Å². The van der Waals surface area contributed by atoms with Crippen molar-refractivity contribution in [3.8, 4) is 0 Å². The van der Waals surface area contributed by atoms with Gasteiger partial charge in [-0.15, -0.1) is 0 Å². The molecule has 2 rings (SSSR count). The number of amides is 3. The van der Waals surface area contributed by atoms with E-state index in [4.69, 9.17) is 5.73 Å². The third-order valence-electron chi connectivity index (χ3n) is 5.11. The van der Waals surface area contributed by atoms with Gasteiger partial charge in [-0.1, -0.05) is 13.8 Å². The molecule has 4 N–H and O–H groups in total. The number of likely N-dealkylation sites (tertiary alicyclic amines) is 2. The third kappa shape index (κ3) is 4.32. The minimum Gasteiger partial charge on any atom is -0.480 e. The topological polar surface area (TPSA) is 133 Å². The summed E-state index contributed by atoms with van der Waals surface area (Å²) in [6.07, 6.45) is 2.26. The van der Waals surface area contributed by atoms with Crippen molar-refractivity contribution in [3.63, 3.8) is 0 Å². The molecule has 2 saturated heterocycles. The Morgan fingerprint density at radius 3 is 2.23 bits per heavy atom. The summed E-state index contributed by atoms with van der Waals surface area (Å²) in [6.45, 7) is 4.24. The predicted octanol–water partition coefficient (Wildman–Crippen LogP) is -0.847. The predicted molar refractivity (Wildman–Crippen MR) is 92.9 cm³/mol. The maximum Gasteiger partial charge on any atom is 0.326 e. The molecule has 0 aromatic carbocycles. The molecular formula is C17H28N4O5. The lowest BCUT2D eigenvalue weighted by molar-refractivity contribution is -0.151. The Labute approximate surface area is 152 Å². The fraction of sp³-hybridized carbons (Fsp3) is 0.765. The Bertz CT molecular complexity index is 580. The number of hydrogen-bond acceptors (Lipinski definition) is 5. The largest absolute Gasteiger partial charge is 0.480 e. The lowest BCUT2D eigenvalue weighted by Gasteiger charge is -2.30. The van der Waals surface area contributed by atoms with Gasteiger partial charge in [0.05, 0.1) is 12.6 Å². The third-order valence-corrected chi connectivity index (χ3v) is 5.11. The average molecular weight is 368 g/mol. The molecule has 0 aromatic heterocycles. The maximum absolute atomic E-state index is 12.8. The van der Waals surface area contributed by atoms with E-state index in [1.165, 1.54) is 9.80 Å².